The fraction of sp³-hybridized carbons (Fsp3) is 0.462. The van der Waals surface area contributed by atoms with Gasteiger partial charge >= 0.3 is 0 Å². The number of rotatable bonds is 8. The van der Waals surface area contributed by atoms with Gasteiger partial charge in [0.1, 0.15) is 0 Å². The first-order valence-corrected chi connectivity index (χ1v) is 6.29. The van der Waals surface area contributed by atoms with Crippen LogP contribution in [0.4, 0.5) is 11.4 Å². The molecule has 1 aromatic carbocycles. The molecular weight excluding hydrogens is 262 g/mol. The van der Waals surface area contributed by atoms with Crippen molar-refractivity contribution >= 4 is 17.3 Å². The number of amides is 1. The number of ether oxygens (including phenoxy) is 1. The lowest BCUT2D eigenvalue weighted by Gasteiger charge is -2.08. The molecule has 0 saturated carbocycles. The fourth-order valence-electron chi connectivity index (χ4n) is 1.62. The first-order chi connectivity index (χ1) is 9.54. The number of hydrogen-bond acceptors (Lipinski definition) is 5. The molecule has 0 aliphatic heterocycles. The summed E-state index contributed by atoms with van der Waals surface area (Å²) in [6, 6.07) is 4.91. The second-order valence-electron chi connectivity index (χ2n) is 4.28. The largest absolute Gasteiger partial charge is 0.384 e. The first kappa shape index (κ1) is 15.9. The Labute approximate surface area is 117 Å². The zero-order chi connectivity index (χ0) is 15.0. The van der Waals surface area contributed by atoms with E-state index in [0.717, 1.165) is 0 Å². The van der Waals surface area contributed by atoms with Gasteiger partial charge < -0.3 is 15.4 Å². The van der Waals surface area contributed by atoms with Crippen LogP contribution in [0.1, 0.15) is 12.0 Å². The van der Waals surface area contributed by atoms with Gasteiger partial charge in [-0.2, -0.15) is 0 Å². The molecule has 0 aliphatic rings. The van der Waals surface area contributed by atoms with Crippen molar-refractivity contribution in [2.75, 3.05) is 32.1 Å². The van der Waals surface area contributed by atoms with Crippen molar-refractivity contribution in [3.05, 3.63) is 33.9 Å². The molecule has 0 radical (unpaired) electrons. The van der Waals surface area contributed by atoms with E-state index in [2.05, 4.69) is 10.6 Å². The number of nitrogens with one attached hydrogen (secondary N) is 2. The normalized spacial score (nSPS) is 10.1. The van der Waals surface area contributed by atoms with Gasteiger partial charge in [-0.1, -0.05) is 6.07 Å². The summed E-state index contributed by atoms with van der Waals surface area (Å²) in [5, 5.41) is 16.5. The smallest absolute Gasteiger partial charge is 0.274 e. The molecule has 0 saturated heterocycles. The van der Waals surface area contributed by atoms with Crippen molar-refractivity contribution in [2.45, 2.75) is 13.3 Å². The number of nitro groups is 1. The van der Waals surface area contributed by atoms with E-state index in [-0.39, 0.29) is 11.6 Å². The highest BCUT2D eigenvalue weighted by molar-refractivity contribution is 5.76. The van der Waals surface area contributed by atoms with E-state index in [4.69, 9.17) is 4.74 Å². The molecule has 20 heavy (non-hydrogen) atoms. The number of nitro benzene ring substituents is 1. The van der Waals surface area contributed by atoms with Gasteiger partial charge in [0, 0.05) is 43.9 Å². The van der Waals surface area contributed by atoms with Gasteiger partial charge in [0.25, 0.3) is 5.69 Å². The molecule has 0 atom stereocenters. The average Bonchev–Trinajstić information content (AvgIpc) is 2.40. The van der Waals surface area contributed by atoms with E-state index >= 15 is 0 Å². The minimum atomic E-state index is -0.419. The van der Waals surface area contributed by atoms with Crippen molar-refractivity contribution < 1.29 is 14.5 Å². The molecule has 0 bridgehead atoms. The molecule has 1 rings (SSSR count). The molecule has 1 aromatic rings. The molecule has 0 aliphatic carbocycles. The molecular formula is C13H19N3O4. The predicted octanol–water partition coefficient (Wildman–Crippen LogP) is 1.47. The maximum atomic E-state index is 11.4. The molecule has 0 fully saturated rings. The third-order valence-electron chi connectivity index (χ3n) is 2.72. The molecule has 0 unspecified atom stereocenters. The highest BCUT2D eigenvalue weighted by atomic mass is 16.6. The van der Waals surface area contributed by atoms with Crippen molar-refractivity contribution in [1.29, 1.82) is 0 Å². The van der Waals surface area contributed by atoms with Crippen LogP contribution in [0.2, 0.25) is 0 Å². The highest BCUT2D eigenvalue weighted by Crippen LogP contribution is 2.22. The van der Waals surface area contributed by atoms with Crippen LogP contribution in [-0.2, 0) is 9.53 Å². The molecule has 2 N–H and O–H groups in total. The van der Waals surface area contributed by atoms with Crippen LogP contribution in [0.3, 0.4) is 0 Å². The molecule has 0 aromatic heterocycles. The lowest BCUT2D eigenvalue weighted by molar-refractivity contribution is -0.385. The Morgan fingerprint density at radius 1 is 1.40 bits per heavy atom. The summed E-state index contributed by atoms with van der Waals surface area (Å²) >= 11 is 0. The monoisotopic (exact) mass is 281 g/mol. The number of nitrogens with zero attached hydrogens (tertiary/aromatic N) is 1. The van der Waals surface area contributed by atoms with Gasteiger partial charge in [0.05, 0.1) is 11.5 Å². The molecule has 1 amide bonds. The summed E-state index contributed by atoms with van der Waals surface area (Å²) in [6.07, 6.45) is 0.297. The Hall–Kier alpha value is -2.15. The second-order valence-corrected chi connectivity index (χ2v) is 4.28. The number of carbonyl (C=O) groups excluding carboxylic acids is 1. The topological polar surface area (TPSA) is 93.5 Å². The van der Waals surface area contributed by atoms with E-state index in [9.17, 15) is 14.9 Å². The van der Waals surface area contributed by atoms with Gasteiger partial charge in [-0.25, -0.2) is 0 Å². The lowest BCUT2D eigenvalue weighted by atomic mass is 10.2. The zero-order valence-electron chi connectivity index (χ0n) is 11.6. The third kappa shape index (κ3) is 5.23. The molecule has 0 heterocycles. The zero-order valence-corrected chi connectivity index (χ0v) is 11.6. The van der Waals surface area contributed by atoms with Gasteiger partial charge in [0.15, 0.2) is 0 Å². The van der Waals surface area contributed by atoms with Crippen LogP contribution < -0.4 is 10.6 Å². The number of hydrogen-bond donors (Lipinski definition) is 2. The maximum Gasteiger partial charge on any atom is 0.274 e. The molecule has 0 spiro atoms. The lowest BCUT2D eigenvalue weighted by Crippen LogP contribution is -2.28. The number of aryl methyl sites for hydroxylation is 1. The summed E-state index contributed by atoms with van der Waals surface area (Å²) in [6.45, 7) is 3.05. The van der Waals surface area contributed by atoms with Crippen molar-refractivity contribution in [3.63, 3.8) is 0 Å². The van der Waals surface area contributed by atoms with Crippen molar-refractivity contribution in [1.82, 2.24) is 5.32 Å². The fourth-order valence-corrected chi connectivity index (χ4v) is 1.62. The van der Waals surface area contributed by atoms with Crippen LogP contribution in [0.15, 0.2) is 18.2 Å². The van der Waals surface area contributed by atoms with Gasteiger partial charge in [-0.3, -0.25) is 14.9 Å². The second kappa shape index (κ2) is 8.11. The van der Waals surface area contributed by atoms with Crippen LogP contribution in [0, 0.1) is 17.0 Å². The standard InChI is InChI=1S/C13H19N3O4/c1-10-3-4-11(9-12(10)16(18)19)14-6-5-13(17)15-7-8-20-2/h3-4,9,14H,5-8H2,1-2H3,(H,15,17). The Bertz CT molecular complexity index is 477. The van der Waals surface area contributed by atoms with Crippen LogP contribution in [0.5, 0.6) is 0 Å². The van der Waals surface area contributed by atoms with Crippen LogP contribution >= 0.6 is 0 Å². The Kier molecular flexibility index (Phi) is 6.45. The summed E-state index contributed by atoms with van der Waals surface area (Å²) < 4.78 is 4.82. The predicted molar refractivity (Wildman–Crippen MR) is 75.8 cm³/mol. The Morgan fingerprint density at radius 3 is 2.80 bits per heavy atom. The van der Waals surface area contributed by atoms with E-state index in [1.807, 2.05) is 0 Å². The summed E-state index contributed by atoms with van der Waals surface area (Å²) in [5.41, 5.74) is 1.31. The van der Waals surface area contributed by atoms with Gasteiger partial charge in [-0.15, -0.1) is 0 Å². The summed E-state index contributed by atoms with van der Waals surface area (Å²) in [5.74, 6) is -0.0869. The van der Waals surface area contributed by atoms with Crippen LogP contribution in [-0.4, -0.2) is 37.6 Å². The summed E-state index contributed by atoms with van der Waals surface area (Å²) in [7, 11) is 1.57. The molecule has 7 nitrogen and oxygen atoms in total. The van der Waals surface area contributed by atoms with Gasteiger partial charge in [-0.05, 0) is 13.0 Å². The number of anilines is 1. The highest BCUT2D eigenvalue weighted by Gasteiger charge is 2.10. The SMILES string of the molecule is COCCNC(=O)CCNc1ccc(C)c([N+](=O)[O-])c1. The minimum Gasteiger partial charge on any atom is -0.384 e. The van der Waals surface area contributed by atoms with E-state index in [0.29, 0.717) is 37.4 Å². The molecule has 7 heteroatoms. The van der Waals surface area contributed by atoms with Crippen molar-refractivity contribution in [2.24, 2.45) is 0 Å². The first-order valence-electron chi connectivity index (χ1n) is 6.29. The number of benzene rings is 1. The Balaban J connectivity index is 2.40. The van der Waals surface area contributed by atoms with E-state index in [1.165, 1.54) is 6.07 Å². The third-order valence-corrected chi connectivity index (χ3v) is 2.72. The molecule has 110 valence electrons. The van der Waals surface area contributed by atoms with Crippen LogP contribution in [0.25, 0.3) is 0 Å². The van der Waals surface area contributed by atoms with Crippen molar-refractivity contribution in [3.8, 4) is 0 Å². The van der Waals surface area contributed by atoms with Gasteiger partial charge in [0.2, 0.25) is 5.91 Å². The Morgan fingerprint density at radius 2 is 2.15 bits per heavy atom. The number of methoxy groups -OCH3 is 1. The number of carbonyl (C=O) groups is 1. The maximum absolute atomic E-state index is 11.4. The summed E-state index contributed by atoms with van der Waals surface area (Å²) in [4.78, 5) is 21.8. The van der Waals surface area contributed by atoms with E-state index < -0.39 is 4.92 Å². The average molecular weight is 281 g/mol. The minimum absolute atomic E-state index is 0.0690. The quantitative estimate of drug-likeness (QED) is 0.427. The van der Waals surface area contributed by atoms with E-state index in [1.54, 1.807) is 26.2 Å².